The molecule has 0 bridgehead atoms. The fraction of sp³-hybridized carbons (Fsp3) is 0.571. The van der Waals surface area contributed by atoms with Crippen molar-refractivity contribution in [3.63, 3.8) is 0 Å². The van der Waals surface area contributed by atoms with Crippen molar-refractivity contribution >= 4 is 0 Å². The lowest BCUT2D eigenvalue weighted by Gasteiger charge is -2.36. The Hall–Kier alpha value is -1.04. The molecule has 0 saturated heterocycles. The summed E-state index contributed by atoms with van der Waals surface area (Å²) in [5.74, 6) is 3.79. The van der Waals surface area contributed by atoms with E-state index in [1.54, 1.807) is 0 Å². The van der Waals surface area contributed by atoms with Crippen LogP contribution in [0.1, 0.15) is 37.9 Å². The van der Waals surface area contributed by atoms with Gasteiger partial charge in [0.15, 0.2) is 11.6 Å². The zero-order valence-electron chi connectivity index (χ0n) is 12.1. The fourth-order valence-electron chi connectivity index (χ4n) is 2.23. The fourth-order valence-corrected chi connectivity index (χ4v) is 2.23. The lowest BCUT2D eigenvalue weighted by atomic mass is 9.82. The van der Waals surface area contributed by atoms with Crippen LogP contribution in [0.15, 0.2) is 12.1 Å². The molecule has 2 unspecified atom stereocenters. The first kappa shape index (κ1) is 16.0. The summed E-state index contributed by atoms with van der Waals surface area (Å²) in [6.45, 7) is 7.38. The van der Waals surface area contributed by atoms with Crippen LogP contribution in [0, 0.1) is 24.0 Å². The number of ether oxygens (including phenoxy) is 1. The molecule has 0 radical (unpaired) electrons. The predicted octanol–water partition coefficient (Wildman–Crippen LogP) is 2.84. The van der Waals surface area contributed by atoms with Gasteiger partial charge >= 0.3 is 0 Å². The Morgan fingerprint density at radius 3 is 2.21 bits per heavy atom. The predicted molar refractivity (Wildman–Crippen MR) is 71.4 cm³/mol. The summed E-state index contributed by atoms with van der Waals surface area (Å²) in [5.41, 5.74) is 2.69. The first-order valence-electron chi connectivity index (χ1n) is 6.17. The highest BCUT2D eigenvalue weighted by atomic mass is 19.2. The number of rotatable bonds is 4. The minimum Gasteiger partial charge on any atom is -0.379 e. The molecule has 0 amide bonds. The zero-order chi connectivity index (χ0) is 14.8. The molecule has 1 rings (SSSR count). The van der Waals surface area contributed by atoms with E-state index in [9.17, 15) is 8.78 Å². The molecule has 1 aromatic rings. The third-order valence-electron chi connectivity index (χ3n) is 3.23. The van der Waals surface area contributed by atoms with Crippen molar-refractivity contribution < 1.29 is 13.5 Å². The van der Waals surface area contributed by atoms with E-state index in [4.69, 9.17) is 10.6 Å². The van der Waals surface area contributed by atoms with Gasteiger partial charge in [-0.25, -0.2) is 8.78 Å². The largest absolute Gasteiger partial charge is 0.379 e. The van der Waals surface area contributed by atoms with Gasteiger partial charge in [-0.1, -0.05) is 32.9 Å². The van der Waals surface area contributed by atoms with Crippen LogP contribution in [-0.2, 0) is 4.74 Å². The van der Waals surface area contributed by atoms with Crippen molar-refractivity contribution in [3.05, 3.63) is 34.9 Å². The maximum Gasteiger partial charge on any atom is 0.164 e. The lowest BCUT2D eigenvalue weighted by molar-refractivity contribution is -0.0129. The summed E-state index contributed by atoms with van der Waals surface area (Å²) in [4.78, 5) is 0. The molecular formula is C14H22F2N2O. The number of methoxy groups -OCH3 is 1. The van der Waals surface area contributed by atoms with Gasteiger partial charge in [0, 0.05) is 12.7 Å². The van der Waals surface area contributed by atoms with Crippen molar-refractivity contribution in [1.29, 1.82) is 0 Å². The highest BCUT2D eigenvalue weighted by molar-refractivity contribution is 5.29. The van der Waals surface area contributed by atoms with Gasteiger partial charge < -0.3 is 4.74 Å². The Bertz CT molecular complexity index is 444. The molecule has 0 saturated carbocycles. The maximum absolute atomic E-state index is 14.1. The SMILES string of the molecule is COC(C(NN)c1ccc(C)c(F)c1F)C(C)(C)C. The zero-order valence-corrected chi connectivity index (χ0v) is 12.1. The van der Waals surface area contributed by atoms with Gasteiger partial charge in [-0.2, -0.15) is 0 Å². The van der Waals surface area contributed by atoms with Gasteiger partial charge in [0.25, 0.3) is 0 Å². The number of nitrogens with two attached hydrogens (primary N) is 1. The monoisotopic (exact) mass is 272 g/mol. The summed E-state index contributed by atoms with van der Waals surface area (Å²) in [6, 6.07) is 2.45. The Morgan fingerprint density at radius 1 is 1.21 bits per heavy atom. The first-order chi connectivity index (χ1) is 8.73. The van der Waals surface area contributed by atoms with E-state index in [0.717, 1.165) is 0 Å². The van der Waals surface area contributed by atoms with Gasteiger partial charge in [0.1, 0.15) is 0 Å². The topological polar surface area (TPSA) is 47.3 Å². The first-order valence-corrected chi connectivity index (χ1v) is 6.17. The quantitative estimate of drug-likeness (QED) is 0.654. The molecule has 19 heavy (non-hydrogen) atoms. The van der Waals surface area contributed by atoms with Gasteiger partial charge in [0.2, 0.25) is 0 Å². The van der Waals surface area contributed by atoms with Crippen LogP contribution < -0.4 is 11.3 Å². The second kappa shape index (κ2) is 5.94. The van der Waals surface area contributed by atoms with Crippen molar-refractivity contribution in [2.24, 2.45) is 11.3 Å². The van der Waals surface area contributed by atoms with E-state index in [1.807, 2.05) is 20.8 Å². The number of hydrazine groups is 1. The van der Waals surface area contributed by atoms with E-state index >= 15 is 0 Å². The Labute approximate surface area is 113 Å². The Kier molecular flexibility index (Phi) is 5.01. The Balaban J connectivity index is 3.28. The van der Waals surface area contributed by atoms with Crippen molar-refractivity contribution in [2.75, 3.05) is 7.11 Å². The summed E-state index contributed by atoms with van der Waals surface area (Å²) >= 11 is 0. The average molecular weight is 272 g/mol. The van der Waals surface area contributed by atoms with Crippen LogP contribution in [0.4, 0.5) is 8.78 Å². The molecule has 0 aliphatic carbocycles. The molecule has 2 atom stereocenters. The second-order valence-corrected chi connectivity index (χ2v) is 5.77. The molecule has 0 aliphatic rings. The molecule has 0 aromatic heterocycles. The van der Waals surface area contributed by atoms with Crippen LogP contribution in [0.2, 0.25) is 0 Å². The third kappa shape index (κ3) is 3.29. The molecule has 108 valence electrons. The van der Waals surface area contributed by atoms with E-state index in [0.29, 0.717) is 0 Å². The highest BCUT2D eigenvalue weighted by Gasteiger charge is 2.35. The lowest BCUT2D eigenvalue weighted by Crippen LogP contribution is -2.44. The van der Waals surface area contributed by atoms with Crippen LogP contribution in [0.3, 0.4) is 0 Å². The molecule has 0 aliphatic heterocycles. The average Bonchev–Trinajstić information content (AvgIpc) is 2.32. The minimum atomic E-state index is -0.880. The minimum absolute atomic E-state index is 0.173. The number of aryl methyl sites for hydroxylation is 1. The number of benzene rings is 1. The third-order valence-corrected chi connectivity index (χ3v) is 3.23. The summed E-state index contributed by atoms with van der Waals surface area (Å²) in [7, 11) is 1.53. The van der Waals surface area contributed by atoms with E-state index in [-0.39, 0.29) is 16.5 Å². The molecule has 3 nitrogen and oxygen atoms in total. The number of nitrogens with one attached hydrogen (secondary N) is 1. The van der Waals surface area contributed by atoms with Crippen molar-refractivity contribution in [1.82, 2.24) is 5.43 Å². The van der Waals surface area contributed by atoms with E-state index in [2.05, 4.69) is 5.43 Å². The molecule has 5 heteroatoms. The molecule has 0 fully saturated rings. The molecule has 0 heterocycles. The van der Waals surface area contributed by atoms with Crippen LogP contribution in [0.5, 0.6) is 0 Å². The van der Waals surface area contributed by atoms with Crippen LogP contribution >= 0.6 is 0 Å². The standard InChI is InChI=1S/C14H22F2N2O/c1-8-6-7-9(11(16)10(8)15)12(18-17)13(19-5)14(2,3)4/h6-7,12-13,18H,17H2,1-5H3. The summed E-state index contributed by atoms with van der Waals surface area (Å²) < 4.78 is 33.1. The number of hydrogen-bond donors (Lipinski definition) is 2. The summed E-state index contributed by atoms with van der Waals surface area (Å²) in [5, 5.41) is 0. The summed E-state index contributed by atoms with van der Waals surface area (Å²) in [6.07, 6.45) is -0.394. The van der Waals surface area contributed by atoms with Crippen molar-refractivity contribution in [2.45, 2.75) is 39.8 Å². The van der Waals surface area contributed by atoms with Crippen molar-refractivity contribution in [3.8, 4) is 0 Å². The van der Waals surface area contributed by atoms with Gasteiger partial charge in [-0.05, 0) is 17.9 Å². The molecule has 3 N–H and O–H groups in total. The van der Waals surface area contributed by atoms with Gasteiger partial charge in [-0.3, -0.25) is 11.3 Å². The smallest absolute Gasteiger partial charge is 0.164 e. The number of halogens is 2. The van der Waals surface area contributed by atoms with Crippen LogP contribution in [-0.4, -0.2) is 13.2 Å². The molecular weight excluding hydrogens is 250 g/mol. The van der Waals surface area contributed by atoms with Gasteiger partial charge in [-0.15, -0.1) is 0 Å². The van der Waals surface area contributed by atoms with Gasteiger partial charge in [0.05, 0.1) is 12.1 Å². The molecule has 1 aromatic carbocycles. The Morgan fingerprint density at radius 2 is 1.79 bits per heavy atom. The highest BCUT2D eigenvalue weighted by Crippen LogP contribution is 2.33. The van der Waals surface area contributed by atoms with Crippen LogP contribution in [0.25, 0.3) is 0 Å². The normalized spacial score (nSPS) is 15.4. The van der Waals surface area contributed by atoms with E-state index < -0.39 is 23.8 Å². The second-order valence-electron chi connectivity index (χ2n) is 5.77. The molecule has 0 spiro atoms. The van der Waals surface area contributed by atoms with E-state index in [1.165, 1.54) is 26.2 Å². The number of hydrogen-bond acceptors (Lipinski definition) is 3. The maximum atomic E-state index is 14.1.